The molecular weight excluding hydrogens is 384 g/mol. The van der Waals surface area contributed by atoms with Gasteiger partial charge in [0.1, 0.15) is 0 Å². The van der Waals surface area contributed by atoms with Crippen molar-refractivity contribution in [1.82, 2.24) is 10.6 Å². The van der Waals surface area contributed by atoms with Crippen LogP contribution >= 0.6 is 28.3 Å². The maximum absolute atomic E-state index is 12.2. The monoisotopic (exact) mass is 406 g/mol. The molecule has 0 fully saturated rings. The number of carbonyl (C=O) groups excluding carboxylic acids is 2. The lowest BCUT2D eigenvalue weighted by atomic mass is 10.0. The molecule has 0 saturated heterocycles. The van der Waals surface area contributed by atoms with Gasteiger partial charge in [0.25, 0.3) is 0 Å². The molecule has 1 aromatic rings. The highest BCUT2D eigenvalue weighted by atomic mass is 79.9. The first-order chi connectivity index (χ1) is 10.5. The Morgan fingerprint density at radius 1 is 1.26 bits per heavy atom. The normalized spacial score (nSPS) is 12.7. The molecule has 0 spiro atoms. The Labute approximate surface area is 152 Å². The summed E-state index contributed by atoms with van der Waals surface area (Å²) in [5, 5.41) is 5.90. The van der Waals surface area contributed by atoms with Gasteiger partial charge >= 0.3 is 5.97 Å². The Hall–Kier alpha value is -1.11. The van der Waals surface area contributed by atoms with Crippen LogP contribution in [0.1, 0.15) is 31.9 Å². The van der Waals surface area contributed by atoms with E-state index in [9.17, 15) is 9.59 Å². The summed E-state index contributed by atoms with van der Waals surface area (Å²) >= 11 is 3.38. The summed E-state index contributed by atoms with van der Waals surface area (Å²) in [7, 11) is 1.80. The van der Waals surface area contributed by atoms with E-state index in [2.05, 4.69) is 26.6 Å². The molecule has 0 saturated carbocycles. The summed E-state index contributed by atoms with van der Waals surface area (Å²) in [5.41, 5.74) is 0.876. The van der Waals surface area contributed by atoms with Gasteiger partial charge in [-0.15, -0.1) is 12.4 Å². The molecule has 130 valence electrons. The molecule has 0 aliphatic rings. The van der Waals surface area contributed by atoms with Crippen LogP contribution in [0, 0.1) is 5.92 Å². The van der Waals surface area contributed by atoms with Crippen molar-refractivity contribution < 1.29 is 14.3 Å². The highest BCUT2D eigenvalue weighted by Crippen LogP contribution is 2.21. The zero-order valence-electron chi connectivity index (χ0n) is 13.6. The lowest BCUT2D eigenvalue weighted by Gasteiger charge is -2.21. The molecule has 0 aromatic heterocycles. The van der Waals surface area contributed by atoms with Gasteiger partial charge in [0.15, 0.2) is 0 Å². The maximum Gasteiger partial charge on any atom is 0.308 e. The molecule has 0 bridgehead atoms. The van der Waals surface area contributed by atoms with Gasteiger partial charge in [0.2, 0.25) is 5.91 Å². The molecule has 2 N–H and O–H groups in total. The van der Waals surface area contributed by atoms with Crippen molar-refractivity contribution in [2.45, 2.75) is 26.3 Å². The van der Waals surface area contributed by atoms with Crippen molar-refractivity contribution in [3.63, 3.8) is 0 Å². The fraction of sp³-hybridized carbons (Fsp3) is 0.500. The second-order valence-corrected chi connectivity index (χ2v) is 6.00. The van der Waals surface area contributed by atoms with Crippen molar-refractivity contribution in [2.24, 2.45) is 5.92 Å². The van der Waals surface area contributed by atoms with Gasteiger partial charge in [0.05, 0.1) is 19.1 Å². The predicted octanol–water partition coefficient (Wildman–Crippen LogP) is 2.84. The molecule has 0 heterocycles. The number of carbonyl (C=O) groups is 2. The van der Waals surface area contributed by atoms with Crippen LogP contribution in [0.5, 0.6) is 0 Å². The van der Waals surface area contributed by atoms with Crippen LogP contribution < -0.4 is 10.6 Å². The number of amides is 1. The van der Waals surface area contributed by atoms with Crippen molar-refractivity contribution in [3.05, 3.63) is 34.3 Å². The SMILES string of the molecule is CCOC(=O)CC(NC(=O)C(C)CNC)c1ccc(Br)cc1.Cl. The van der Waals surface area contributed by atoms with Gasteiger partial charge in [-0.1, -0.05) is 35.0 Å². The summed E-state index contributed by atoms with van der Waals surface area (Å²) in [5.74, 6) is -0.589. The minimum Gasteiger partial charge on any atom is -0.466 e. The fourth-order valence-corrected chi connectivity index (χ4v) is 2.31. The van der Waals surface area contributed by atoms with E-state index in [0.717, 1.165) is 10.0 Å². The highest BCUT2D eigenvalue weighted by Gasteiger charge is 2.21. The Balaban J connectivity index is 0.00000484. The van der Waals surface area contributed by atoms with Crippen molar-refractivity contribution in [1.29, 1.82) is 0 Å². The largest absolute Gasteiger partial charge is 0.466 e. The van der Waals surface area contributed by atoms with Crippen LogP contribution in [-0.2, 0) is 14.3 Å². The van der Waals surface area contributed by atoms with Gasteiger partial charge in [-0.25, -0.2) is 0 Å². The molecule has 2 atom stereocenters. The van der Waals surface area contributed by atoms with E-state index in [1.165, 1.54) is 0 Å². The van der Waals surface area contributed by atoms with E-state index in [1.807, 2.05) is 31.2 Å². The first-order valence-corrected chi connectivity index (χ1v) is 8.13. The number of hydrogen-bond acceptors (Lipinski definition) is 4. The molecule has 1 amide bonds. The Morgan fingerprint density at radius 2 is 1.87 bits per heavy atom. The molecule has 7 heteroatoms. The second kappa shape index (κ2) is 11.4. The van der Waals surface area contributed by atoms with E-state index in [-0.39, 0.29) is 42.7 Å². The smallest absolute Gasteiger partial charge is 0.308 e. The van der Waals surface area contributed by atoms with Crippen molar-refractivity contribution in [3.8, 4) is 0 Å². The zero-order chi connectivity index (χ0) is 16.5. The zero-order valence-corrected chi connectivity index (χ0v) is 16.0. The van der Waals surface area contributed by atoms with Crippen LogP contribution in [0.25, 0.3) is 0 Å². The average molecular weight is 408 g/mol. The van der Waals surface area contributed by atoms with E-state index < -0.39 is 0 Å². The second-order valence-electron chi connectivity index (χ2n) is 5.08. The number of rotatable bonds is 8. The van der Waals surface area contributed by atoms with Crippen LogP contribution in [-0.4, -0.2) is 32.1 Å². The van der Waals surface area contributed by atoms with Crippen LogP contribution in [0.2, 0.25) is 0 Å². The summed E-state index contributed by atoms with van der Waals surface area (Å²) in [6, 6.07) is 7.15. The summed E-state index contributed by atoms with van der Waals surface area (Å²) < 4.78 is 5.94. The van der Waals surface area contributed by atoms with Gasteiger partial charge < -0.3 is 15.4 Å². The minimum atomic E-state index is -0.390. The third-order valence-corrected chi connectivity index (χ3v) is 3.75. The van der Waals surface area contributed by atoms with Gasteiger partial charge in [-0.05, 0) is 31.7 Å². The van der Waals surface area contributed by atoms with Crippen molar-refractivity contribution in [2.75, 3.05) is 20.2 Å². The molecular formula is C16H24BrClN2O3. The highest BCUT2D eigenvalue weighted by molar-refractivity contribution is 9.10. The predicted molar refractivity (Wildman–Crippen MR) is 96.6 cm³/mol. The van der Waals surface area contributed by atoms with Crippen LogP contribution in [0.15, 0.2) is 28.7 Å². The lowest BCUT2D eigenvalue weighted by molar-refractivity contribution is -0.143. The molecule has 1 aromatic carbocycles. The summed E-state index contributed by atoms with van der Waals surface area (Å²) in [6.45, 7) is 4.52. The van der Waals surface area contributed by atoms with Crippen LogP contribution in [0.4, 0.5) is 0 Å². The molecule has 2 unspecified atom stereocenters. The van der Waals surface area contributed by atoms with Gasteiger partial charge in [-0.3, -0.25) is 9.59 Å². The molecule has 5 nitrogen and oxygen atoms in total. The summed E-state index contributed by atoms with van der Waals surface area (Å²) in [4.78, 5) is 24.0. The molecule has 1 rings (SSSR count). The number of halogens is 2. The molecule has 0 aliphatic heterocycles. The van der Waals surface area contributed by atoms with Gasteiger partial charge in [-0.2, -0.15) is 0 Å². The lowest BCUT2D eigenvalue weighted by Crippen LogP contribution is -2.37. The Morgan fingerprint density at radius 3 is 2.39 bits per heavy atom. The van der Waals surface area contributed by atoms with Gasteiger partial charge in [0, 0.05) is 16.9 Å². The minimum absolute atomic E-state index is 0. The van der Waals surface area contributed by atoms with Crippen LogP contribution in [0.3, 0.4) is 0 Å². The fourth-order valence-electron chi connectivity index (χ4n) is 2.05. The Bertz CT molecular complexity index is 497. The number of ether oxygens (including phenoxy) is 1. The number of hydrogen-bond donors (Lipinski definition) is 2. The quantitative estimate of drug-likeness (QED) is 0.650. The van der Waals surface area contributed by atoms with E-state index >= 15 is 0 Å². The first kappa shape index (κ1) is 21.9. The summed E-state index contributed by atoms with van der Waals surface area (Å²) in [6.07, 6.45) is 0.119. The number of esters is 1. The third-order valence-electron chi connectivity index (χ3n) is 3.22. The molecule has 0 aliphatic carbocycles. The first-order valence-electron chi connectivity index (χ1n) is 7.34. The van der Waals surface area contributed by atoms with E-state index in [0.29, 0.717) is 13.2 Å². The number of benzene rings is 1. The molecule has 23 heavy (non-hydrogen) atoms. The van der Waals surface area contributed by atoms with E-state index in [1.54, 1.807) is 14.0 Å². The topological polar surface area (TPSA) is 67.4 Å². The maximum atomic E-state index is 12.2. The van der Waals surface area contributed by atoms with E-state index in [4.69, 9.17) is 4.74 Å². The molecule has 0 radical (unpaired) electrons. The average Bonchev–Trinajstić information content (AvgIpc) is 2.47. The standard InChI is InChI=1S/C16H23BrN2O3.ClH/c1-4-22-15(20)9-14(12-5-7-13(17)8-6-12)19-16(21)11(2)10-18-3;/h5-8,11,14,18H,4,9-10H2,1-3H3,(H,19,21);1H. The number of nitrogens with one attached hydrogen (secondary N) is 2. The third kappa shape index (κ3) is 7.81. The van der Waals surface area contributed by atoms with Crippen molar-refractivity contribution >= 4 is 40.2 Å². The Kier molecular flexibility index (Phi) is 10.9.